The van der Waals surface area contributed by atoms with Crippen LogP contribution in [0.1, 0.15) is 18.1 Å². The number of aryl methyl sites for hydroxylation is 1. The van der Waals surface area contributed by atoms with Crippen molar-refractivity contribution < 1.29 is 27.5 Å². The Balaban J connectivity index is 2.43. The monoisotopic (exact) mass is 333 g/mol. The third-order valence-corrected chi connectivity index (χ3v) is 4.75. The number of hydrogen-bond donors (Lipinski definition) is 1. The van der Waals surface area contributed by atoms with Crippen LogP contribution < -0.4 is 5.32 Å². The zero-order valence-corrected chi connectivity index (χ0v) is 12.7. The van der Waals surface area contributed by atoms with Crippen LogP contribution in [0.3, 0.4) is 0 Å². The van der Waals surface area contributed by atoms with Gasteiger partial charge in [-0.25, -0.2) is 0 Å². The van der Waals surface area contributed by atoms with Gasteiger partial charge in [0.25, 0.3) is 0 Å². The van der Waals surface area contributed by atoms with Gasteiger partial charge in [0, 0.05) is 0 Å². The molecule has 1 aromatic carbocycles. The molecule has 2 atom stereocenters. The number of hydrogen-bond acceptors (Lipinski definition) is 4. The van der Waals surface area contributed by atoms with E-state index in [9.17, 15) is 22.8 Å². The second kappa shape index (κ2) is 5.83. The molecule has 4 nitrogen and oxygen atoms in total. The number of esters is 1. The molecule has 120 valence electrons. The number of nitrogens with one attached hydrogen (secondary N) is 1. The summed E-state index contributed by atoms with van der Waals surface area (Å²) in [5.41, 5.74) is 0.660. The molecule has 1 aliphatic heterocycles. The first kappa shape index (κ1) is 16.7. The summed E-state index contributed by atoms with van der Waals surface area (Å²) >= 11 is 0.220. The van der Waals surface area contributed by atoms with Gasteiger partial charge in [0.1, 0.15) is 0 Å². The summed E-state index contributed by atoms with van der Waals surface area (Å²) in [5.74, 6) is -1.97. The summed E-state index contributed by atoms with van der Waals surface area (Å²) in [4.78, 5) is 20.9. The Morgan fingerprint density at radius 1 is 1.36 bits per heavy atom. The summed E-state index contributed by atoms with van der Waals surface area (Å²) in [6, 6.07) is 5.63. The van der Waals surface area contributed by atoms with Gasteiger partial charge in [-0.3, -0.25) is 9.59 Å². The lowest BCUT2D eigenvalue weighted by molar-refractivity contribution is -0.172. The van der Waals surface area contributed by atoms with Crippen molar-refractivity contribution in [1.82, 2.24) is 5.32 Å². The molecule has 0 saturated carbocycles. The molecule has 0 spiro atoms. The van der Waals surface area contributed by atoms with E-state index in [1.54, 1.807) is 6.92 Å². The largest absolute Gasteiger partial charge is 0.465 e. The van der Waals surface area contributed by atoms with Crippen molar-refractivity contribution in [2.75, 3.05) is 6.61 Å². The van der Waals surface area contributed by atoms with Crippen LogP contribution in [0.25, 0.3) is 0 Å². The number of rotatable bonds is 3. The first-order chi connectivity index (χ1) is 10.2. The highest BCUT2D eigenvalue weighted by Crippen LogP contribution is 2.52. The van der Waals surface area contributed by atoms with Crippen molar-refractivity contribution in [2.24, 2.45) is 0 Å². The molecule has 0 aromatic heterocycles. The maximum atomic E-state index is 13.6. The molecule has 1 amide bonds. The molecule has 22 heavy (non-hydrogen) atoms. The van der Waals surface area contributed by atoms with E-state index in [-0.39, 0.29) is 23.9 Å². The summed E-state index contributed by atoms with van der Waals surface area (Å²) in [7, 11) is 0. The number of alkyl halides is 3. The number of ether oxygens (including phenoxy) is 1. The molecule has 1 aromatic rings. The molecular weight excluding hydrogens is 319 g/mol. The fourth-order valence-corrected chi connectivity index (χ4v) is 3.35. The molecule has 1 heterocycles. The Bertz CT molecular complexity index is 588. The Hall–Kier alpha value is -1.70. The number of amides is 1. The van der Waals surface area contributed by atoms with Gasteiger partial charge in [-0.1, -0.05) is 41.6 Å². The summed E-state index contributed by atoms with van der Waals surface area (Å²) in [6.45, 7) is 3.25. The van der Waals surface area contributed by atoms with Gasteiger partial charge in [-0.05, 0) is 19.4 Å². The van der Waals surface area contributed by atoms with E-state index in [2.05, 4.69) is 4.74 Å². The van der Waals surface area contributed by atoms with Crippen LogP contribution in [-0.4, -0.2) is 29.9 Å². The number of halogens is 3. The highest BCUT2D eigenvalue weighted by atomic mass is 32.2. The number of thioether (sulfide) groups is 1. The summed E-state index contributed by atoms with van der Waals surface area (Å²) in [5, 5.41) is 0.392. The predicted octanol–water partition coefficient (Wildman–Crippen LogP) is 2.50. The fraction of sp³-hybridized carbons (Fsp3) is 0.429. The van der Waals surface area contributed by atoms with Crippen molar-refractivity contribution in [3.8, 4) is 0 Å². The smallest absolute Gasteiger partial charge is 0.425 e. The lowest BCUT2D eigenvalue weighted by Crippen LogP contribution is -2.49. The first-order valence-electron chi connectivity index (χ1n) is 6.51. The van der Waals surface area contributed by atoms with Crippen LogP contribution in [-0.2, 0) is 19.2 Å². The van der Waals surface area contributed by atoms with E-state index in [1.807, 2.05) is 5.32 Å². The van der Waals surface area contributed by atoms with Gasteiger partial charge in [0.05, 0.1) is 6.61 Å². The zero-order chi connectivity index (χ0) is 16.5. The van der Waals surface area contributed by atoms with Gasteiger partial charge < -0.3 is 10.1 Å². The Morgan fingerprint density at radius 2 is 1.95 bits per heavy atom. The normalized spacial score (nSPS) is 25.0. The van der Waals surface area contributed by atoms with E-state index < -0.39 is 28.2 Å². The van der Waals surface area contributed by atoms with Crippen LogP contribution >= 0.6 is 11.8 Å². The van der Waals surface area contributed by atoms with Crippen molar-refractivity contribution >= 4 is 23.6 Å². The molecule has 0 bridgehead atoms. The second-order valence-electron chi connectivity index (χ2n) is 4.78. The van der Waals surface area contributed by atoms with E-state index in [1.165, 1.54) is 31.2 Å². The van der Waals surface area contributed by atoms with Crippen molar-refractivity contribution in [3.05, 3.63) is 35.4 Å². The fourth-order valence-electron chi connectivity index (χ4n) is 2.10. The molecule has 1 fully saturated rings. The second-order valence-corrected chi connectivity index (χ2v) is 6.10. The van der Waals surface area contributed by atoms with Gasteiger partial charge >= 0.3 is 12.1 Å². The summed E-state index contributed by atoms with van der Waals surface area (Å²) in [6.07, 6.45) is -4.76. The van der Waals surface area contributed by atoms with Gasteiger partial charge in [-0.2, -0.15) is 13.2 Å². The quantitative estimate of drug-likeness (QED) is 0.682. The highest BCUT2D eigenvalue weighted by molar-refractivity contribution is 8.02. The molecule has 0 aliphatic carbocycles. The first-order valence-corrected chi connectivity index (χ1v) is 7.39. The molecule has 2 rings (SSSR count). The topological polar surface area (TPSA) is 55.4 Å². The van der Waals surface area contributed by atoms with E-state index in [4.69, 9.17) is 0 Å². The average molecular weight is 333 g/mol. The van der Waals surface area contributed by atoms with Crippen LogP contribution in [0.4, 0.5) is 13.2 Å². The minimum Gasteiger partial charge on any atom is -0.465 e. The summed E-state index contributed by atoms with van der Waals surface area (Å²) < 4.78 is 45.5. The maximum absolute atomic E-state index is 13.6. The number of carbonyl (C=O) groups is 2. The third-order valence-electron chi connectivity index (χ3n) is 3.19. The Morgan fingerprint density at radius 3 is 2.45 bits per heavy atom. The molecule has 2 unspecified atom stereocenters. The van der Waals surface area contributed by atoms with Crippen molar-refractivity contribution in [1.29, 1.82) is 0 Å². The van der Waals surface area contributed by atoms with Gasteiger partial charge in [0.2, 0.25) is 10.8 Å². The zero-order valence-electron chi connectivity index (χ0n) is 11.9. The van der Waals surface area contributed by atoms with Crippen LogP contribution in [0.2, 0.25) is 0 Å². The van der Waals surface area contributed by atoms with E-state index in [0.29, 0.717) is 0 Å². The van der Waals surface area contributed by atoms with Crippen molar-refractivity contribution in [3.63, 3.8) is 0 Å². The SMILES string of the molecule is CCOC(=O)C1SC(c2ccc(C)cc2)(C(F)(F)F)NC1=O. The average Bonchev–Trinajstić information content (AvgIpc) is 2.78. The Labute approximate surface area is 129 Å². The lowest BCUT2D eigenvalue weighted by atomic mass is 10.0. The highest BCUT2D eigenvalue weighted by Gasteiger charge is 2.64. The minimum absolute atomic E-state index is 0.00722. The maximum Gasteiger partial charge on any atom is 0.425 e. The molecule has 0 radical (unpaired) electrons. The van der Waals surface area contributed by atoms with E-state index in [0.717, 1.165) is 5.56 Å². The molecule has 1 saturated heterocycles. The molecule has 8 heteroatoms. The lowest BCUT2D eigenvalue weighted by Gasteiger charge is -2.31. The minimum atomic E-state index is -4.76. The van der Waals surface area contributed by atoms with Crippen LogP contribution in [0.5, 0.6) is 0 Å². The van der Waals surface area contributed by atoms with Crippen LogP contribution in [0.15, 0.2) is 24.3 Å². The molecular formula is C14H14F3NO3S. The molecule has 1 aliphatic rings. The molecule has 1 N–H and O–H groups in total. The standard InChI is InChI=1S/C14H14F3NO3S/c1-3-21-12(20)10-11(19)18-13(22-10,14(15,16)17)9-6-4-8(2)5-7-9/h4-7,10H,3H2,1-2H3,(H,18,19). The van der Waals surface area contributed by atoms with Crippen molar-refractivity contribution in [2.45, 2.75) is 30.1 Å². The van der Waals surface area contributed by atoms with E-state index >= 15 is 0 Å². The van der Waals surface area contributed by atoms with Crippen LogP contribution in [0, 0.1) is 6.92 Å². The number of carbonyl (C=O) groups excluding carboxylic acids is 2. The third kappa shape index (κ3) is 2.79. The van der Waals surface area contributed by atoms with Gasteiger partial charge in [-0.15, -0.1) is 0 Å². The van der Waals surface area contributed by atoms with Gasteiger partial charge in [0.15, 0.2) is 5.25 Å². The predicted molar refractivity (Wildman–Crippen MR) is 75.1 cm³/mol. The number of benzene rings is 1. The Kier molecular flexibility index (Phi) is 4.42.